The van der Waals surface area contributed by atoms with Crippen LogP contribution in [0, 0.1) is 5.92 Å². The molecular formula is C16H24N2O. The SMILES string of the molecule is CCCNc1ccccc1C(=O)N1CC(C)CC1C. The summed E-state index contributed by atoms with van der Waals surface area (Å²) in [6, 6.07) is 8.18. The Balaban J connectivity index is 2.19. The van der Waals surface area contributed by atoms with Crippen LogP contribution in [0.4, 0.5) is 5.69 Å². The number of carbonyl (C=O) groups is 1. The minimum atomic E-state index is 0.163. The van der Waals surface area contributed by atoms with Gasteiger partial charge in [0.25, 0.3) is 5.91 Å². The van der Waals surface area contributed by atoms with E-state index in [0.29, 0.717) is 12.0 Å². The second-order valence-corrected chi connectivity index (χ2v) is 5.62. The quantitative estimate of drug-likeness (QED) is 0.900. The molecule has 1 N–H and O–H groups in total. The molecule has 3 nitrogen and oxygen atoms in total. The molecule has 0 bridgehead atoms. The van der Waals surface area contributed by atoms with Gasteiger partial charge in [-0.2, -0.15) is 0 Å². The number of amides is 1. The maximum Gasteiger partial charge on any atom is 0.256 e. The summed E-state index contributed by atoms with van der Waals surface area (Å²) in [7, 11) is 0. The normalized spacial score (nSPS) is 22.6. The van der Waals surface area contributed by atoms with Gasteiger partial charge in [0, 0.05) is 24.8 Å². The van der Waals surface area contributed by atoms with Crippen LogP contribution in [0.5, 0.6) is 0 Å². The molecule has 1 aromatic carbocycles. The number of para-hydroxylation sites is 1. The second kappa shape index (κ2) is 6.09. The van der Waals surface area contributed by atoms with Crippen molar-refractivity contribution in [3.05, 3.63) is 29.8 Å². The number of hydrogen-bond donors (Lipinski definition) is 1. The van der Waals surface area contributed by atoms with Gasteiger partial charge >= 0.3 is 0 Å². The van der Waals surface area contributed by atoms with Crippen molar-refractivity contribution >= 4 is 11.6 Å². The van der Waals surface area contributed by atoms with Gasteiger partial charge in [0.05, 0.1) is 5.56 Å². The fourth-order valence-corrected chi connectivity index (χ4v) is 2.82. The lowest BCUT2D eigenvalue weighted by molar-refractivity contribution is 0.0744. The first kappa shape index (κ1) is 13.9. The summed E-state index contributed by atoms with van der Waals surface area (Å²) in [5.74, 6) is 0.769. The Bertz CT molecular complexity index is 444. The molecule has 19 heavy (non-hydrogen) atoms. The van der Waals surface area contributed by atoms with Crippen LogP contribution in [0.15, 0.2) is 24.3 Å². The van der Waals surface area contributed by atoms with Crippen LogP contribution < -0.4 is 5.32 Å². The van der Waals surface area contributed by atoms with Crippen molar-refractivity contribution in [1.29, 1.82) is 0 Å². The van der Waals surface area contributed by atoms with Gasteiger partial charge in [-0.1, -0.05) is 26.0 Å². The van der Waals surface area contributed by atoms with E-state index in [2.05, 4.69) is 26.1 Å². The van der Waals surface area contributed by atoms with E-state index in [1.165, 1.54) is 0 Å². The van der Waals surface area contributed by atoms with Crippen LogP contribution >= 0.6 is 0 Å². The molecule has 1 fully saturated rings. The average Bonchev–Trinajstić information content (AvgIpc) is 2.75. The molecule has 0 spiro atoms. The minimum Gasteiger partial charge on any atom is -0.384 e. The van der Waals surface area contributed by atoms with Crippen LogP contribution in [0.1, 0.15) is 44.0 Å². The molecule has 104 valence electrons. The molecule has 1 amide bonds. The van der Waals surface area contributed by atoms with Crippen LogP contribution in [0.25, 0.3) is 0 Å². The second-order valence-electron chi connectivity index (χ2n) is 5.62. The Labute approximate surface area is 116 Å². The number of nitrogens with one attached hydrogen (secondary N) is 1. The first-order valence-corrected chi connectivity index (χ1v) is 7.27. The summed E-state index contributed by atoms with van der Waals surface area (Å²) < 4.78 is 0. The van der Waals surface area contributed by atoms with Crippen molar-refractivity contribution in [2.45, 2.75) is 39.7 Å². The molecular weight excluding hydrogens is 236 g/mol. The lowest BCUT2D eigenvalue weighted by Gasteiger charge is -2.23. The first-order valence-electron chi connectivity index (χ1n) is 7.27. The molecule has 2 rings (SSSR count). The van der Waals surface area contributed by atoms with Crippen molar-refractivity contribution in [3.8, 4) is 0 Å². The summed E-state index contributed by atoms with van der Waals surface area (Å²) in [6.45, 7) is 8.26. The smallest absolute Gasteiger partial charge is 0.256 e. The van der Waals surface area contributed by atoms with E-state index in [1.54, 1.807) is 0 Å². The van der Waals surface area contributed by atoms with E-state index in [1.807, 2.05) is 29.2 Å². The molecule has 0 radical (unpaired) electrons. The van der Waals surface area contributed by atoms with Gasteiger partial charge < -0.3 is 10.2 Å². The molecule has 1 aliphatic rings. The van der Waals surface area contributed by atoms with Gasteiger partial charge in [-0.3, -0.25) is 4.79 Å². The Morgan fingerprint density at radius 1 is 1.37 bits per heavy atom. The zero-order chi connectivity index (χ0) is 13.8. The third-order valence-electron chi connectivity index (χ3n) is 3.77. The van der Waals surface area contributed by atoms with Crippen molar-refractivity contribution in [2.75, 3.05) is 18.4 Å². The lowest BCUT2D eigenvalue weighted by Crippen LogP contribution is -2.34. The van der Waals surface area contributed by atoms with E-state index < -0.39 is 0 Å². The maximum absolute atomic E-state index is 12.7. The fraction of sp³-hybridized carbons (Fsp3) is 0.562. The first-order chi connectivity index (χ1) is 9.13. The summed E-state index contributed by atoms with van der Waals surface area (Å²) in [4.78, 5) is 14.7. The van der Waals surface area contributed by atoms with Crippen LogP contribution in [-0.4, -0.2) is 29.9 Å². The molecule has 1 saturated heterocycles. The van der Waals surface area contributed by atoms with Crippen molar-refractivity contribution in [3.63, 3.8) is 0 Å². The van der Waals surface area contributed by atoms with E-state index in [4.69, 9.17) is 0 Å². The number of nitrogens with zero attached hydrogens (tertiary/aromatic N) is 1. The molecule has 3 heteroatoms. The number of carbonyl (C=O) groups excluding carboxylic acids is 1. The molecule has 0 aromatic heterocycles. The highest BCUT2D eigenvalue weighted by atomic mass is 16.2. The van der Waals surface area contributed by atoms with Crippen LogP contribution in [-0.2, 0) is 0 Å². The van der Waals surface area contributed by atoms with Gasteiger partial charge in [0.15, 0.2) is 0 Å². The third kappa shape index (κ3) is 3.09. The maximum atomic E-state index is 12.7. The highest BCUT2D eigenvalue weighted by molar-refractivity contribution is 5.99. The predicted octanol–water partition coefficient (Wildman–Crippen LogP) is 3.38. The third-order valence-corrected chi connectivity index (χ3v) is 3.77. The highest BCUT2D eigenvalue weighted by Crippen LogP contribution is 2.26. The lowest BCUT2D eigenvalue weighted by atomic mass is 10.1. The van der Waals surface area contributed by atoms with Crippen LogP contribution in [0.2, 0.25) is 0 Å². The monoisotopic (exact) mass is 260 g/mol. The Hall–Kier alpha value is -1.51. The number of benzene rings is 1. The van der Waals surface area contributed by atoms with Crippen molar-refractivity contribution < 1.29 is 4.79 Å². The molecule has 2 unspecified atom stereocenters. The molecule has 1 aliphatic heterocycles. The topological polar surface area (TPSA) is 32.3 Å². The van der Waals surface area contributed by atoms with E-state index >= 15 is 0 Å². The summed E-state index contributed by atoms with van der Waals surface area (Å²) in [5.41, 5.74) is 1.76. The molecule has 1 heterocycles. The fourth-order valence-electron chi connectivity index (χ4n) is 2.82. The van der Waals surface area contributed by atoms with Crippen molar-refractivity contribution in [1.82, 2.24) is 4.90 Å². The van der Waals surface area contributed by atoms with E-state index in [9.17, 15) is 4.79 Å². The number of hydrogen-bond acceptors (Lipinski definition) is 2. The average molecular weight is 260 g/mol. The van der Waals surface area contributed by atoms with Gasteiger partial charge in [-0.05, 0) is 37.8 Å². The van der Waals surface area contributed by atoms with Crippen molar-refractivity contribution in [2.24, 2.45) is 5.92 Å². The molecule has 0 aliphatic carbocycles. The predicted molar refractivity (Wildman–Crippen MR) is 79.5 cm³/mol. The molecule has 0 saturated carbocycles. The van der Waals surface area contributed by atoms with Crippen LogP contribution in [0.3, 0.4) is 0 Å². The standard InChI is InChI=1S/C16H24N2O/c1-4-9-17-15-8-6-5-7-14(15)16(19)18-11-12(2)10-13(18)3/h5-8,12-13,17H,4,9-11H2,1-3H3. The minimum absolute atomic E-state index is 0.163. The summed E-state index contributed by atoms with van der Waals surface area (Å²) in [6.07, 6.45) is 2.16. The Morgan fingerprint density at radius 2 is 2.11 bits per heavy atom. The van der Waals surface area contributed by atoms with E-state index in [0.717, 1.165) is 37.2 Å². The molecule has 2 atom stereocenters. The Kier molecular flexibility index (Phi) is 4.46. The zero-order valence-corrected chi connectivity index (χ0v) is 12.1. The number of rotatable bonds is 4. The number of likely N-dealkylation sites (tertiary alicyclic amines) is 1. The molecule has 1 aromatic rings. The van der Waals surface area contributed by atoms with Gasteiger partial charge in [-0.25, -0.2) is 0 Å². The summed E-state index contributed by atoms with van der Waals surface area (Å²) in [5, 5.41) is 3.35. The number of anilines is 1. The zero-order valence-electron chi connectivity index (χ0n) is 12.1. The summed E-state index contributed by atoms with van der Waals surface area (Å²) >= 11 is 0. The van der Waals surface area contributed by atoms with E-state index in [-0.39, 0.29) is 5.91 Å². The largest absolute Gasteiger partial charge is 0.384 e. The highest BCUT2D eigenvalue weighted by Gasteiger charge is 2.31. The van der Waals surface area contributed by atoms with Gasteiger partial charge in [0.2, 0.25) is 0 Å². The van der Waals surface area contributed by atoms with Gasteiger partial charge in [0.1, 0.15) is 0 Å². The Morgan fingerprint density at radius 3 is 2.74 bits per heavy atom. The van der Waals surface area contributed by atoms with Gasteiger partial charge in [-0.15, -0.1) is 0 Å².